The van der Waals surface area contributed by atoms with Crippen LogP contribution in [-0.2, 0) is 16.4 Å². The third-order valence-electron chi connectivity index (χ3n) is 4.09. The number of carbonyl (C=O) groups is 1. The van der Waals surface area contributed by atoms with Gasteiger partial charge in [-0.05, 0) is 30.0 Å². The predicted molar refractivity (Wildman–Crippen MR) is 118 cm³/mol. The lowest BCUT2D eigenvalue weighted by Crippen LogP contribution is -2.24. The van der Waals surface area contributed by atoms with E-state index in [0.29, 0.717) is 28.9 Å². The normalized spacial score (nSPS) is 11.7. The average Bonchev–Trinajstić information content (AvgIpc) is 3.30. The molecule has 0 unspecified atom stereocenters. The van der Waals surface area contributed by atoms with Crippen LogP contribution in [0.3, 0.4) is 0 Å². The van der Waals surface area contributed by atoms with Crippen molar-refractivity contribution in [2.75, 3.05) is 18.1 Å². The molecule has 1 amide bonds. The van der Waals surface area contributed by atoms with Gasteiger partial charge in [-0.1, -0.05) is 49.4 Å². The van der Waals surface area contributed by atoms with Crippen LogP contribution in [0.5, 0.6) is 0 Å². The maximum Gasteiger partial charge on any atom is 0.267 e. The Balaban J connectivity index is 1.60. The summed E-state index contributed by atoms with van der Waals surface area (Å²) in [6, 6.07) is 11.7. The van der Waals surface area contributed by atoms with Crippen LogP contribution in [0.25, 0.3) is 10.6 Å². The molecule has 10 heteroatoms. The molecule has 154 valence electrons. The van der Waals surface area contributed by atoms with Gasteiger partial charge in [0.15, 0.2) is 0 Å². The average molecular weight is 451 g/mol. The van der Waals surface area contributed by atoms with E-state index in [1.165, 1.54) is 28.2 Å². The molecule has 0 fully saturated rings. The largest absolute Gasteiger partial charge is 0.296 e. The first kappa shape index (κ1) is 21.6. The lowest BCUT2D eigenvalue weighted by molar-refractivity contribution is 0.103. The van der Waals surface area contributed by atoms with E-state index in [-0.39, 0.29) is 5.91 Å². The van der Waals surface area contributed by atoms with E-state index in [9.17, 15) is 13.2 Å². The molecule has 0 radical (unpaired) electrons. The molecule has 0 saturated carbocycles. The quantitative estimate of drug-likeness (QED) is 0.544. The van der Waals surface area contributed by atoms with Gasteiger partial charge in [0, 0.05) is 17.0 Å². The van der Waals surface area contributed by atoms with Crippen molar-refractivity contribution in [1.29, 1.82) is 0 Å². The highest BCUT2D eigenvalue weighted by Gasteiger charge is 2.14. The van der Waals surface area contributed by atoms with Crippen LogP contribution in [0, 0.1) is 0 Å². The Labute approximate surface area is 178 Å². The number of rotatable bonds is 8. The fraction of sp³-hybridized carbons (Fsp3) is 0.316. The number of nitrogens with one attached hydrogen (secondary N) is 2. The Morgan fingerprint density at radius 1 is 1.07 bits per heavy atom. The van der Waals surface area contributed by atoms with Gasteiger partial charge in [-0.25, -0.2) is 13.1 Å². The van der Waals surface area contributed by atoms with Crippen LogP contribution in [0.2, 0.25) is 0 Å². The zero-order valence-electron chi connectivity index (χ0n) is 16.3. The molecule has 0 atom stereocenters. The minimum atomic E-state index is -3.21. The number of sulfonamides is 1. The maximum atomic E-state index is 12.5. The molecule has 0 aliphatic carbocycles. The van der Waals surface area contributed by atoms with Crippen LogP contribution in [-0.4, -0.2) is 37.3 Å². The molecule has 0 aliphatic heterocycles. The summed E-state index contributed by atoms with van der Waals surface area (Å²) in [6.45, 7) is 4.59. The van der Waals surface area contributed by atoms with Crippen molar-refractivity contribution < 1.29 is 13.2 Å². The van der Waals surface area contributed by atoms with Crippen LogP contribution in [0.1, 0.15) is 39.9 Å². The van der Waals surface area contributed by atoms with Crippen LogP contribution >= 0.6 is 22.7 Å². The molecule has 3 rings (SSSR count). The van der Waals surface area contributed by atoms with Gasteiger partial charge >= 0.3 is 0 Å². The molecular formula is C19H22N4O3S3. The number of carbonyl (C=O) groups excluding carboxylic acids is 1. The monoisotopic (exact) mass is 450 g/mol. The van der Waals surface area contributed by atoms with Crippen LogP contribution < -0.4 is 10.0 Å². The highest BCUT2D eigenvalue weighted by molar-refractivity contribution is 7.88. The topological polar surface area (TPSA) is 101 Å². The van der Waals surface area contributed by atoms with Crippen molar-refractivity contribution in [3.05, 3.63) is 51.7 Å². The first-order valence-electron chi connectivity index (χ1n) is 9.00. The summed E-state index contributed by atoms with van der Waals surface area (Å²) < 4.78 is 24.6. The first-order chi connectivity index (χ1) is 13.7. The van der Waals surface area contributed by atoms with Gasteiger partial charge in [0.2, 0.25) is 15.2 Å². The molecule has 2 heterocycles. The molecule has 1 aromatic carbocycles. The van der Waals surface area contributed by atoms with Crippen LogP contribution in [0.4, 0.5) is 5.13 Å². The lowest BCUT2D eigenvalue weighted by Gasteiger charge is -2.04. The first-order valence-corrected chi connectivity index (χ1v) is 12.5. The van der Waals surface area contributed by atoms with Gasteiger partial charge < -0.3 is 0 Å². The van der Waals surface area contributed by atoms with Gasteiger partial charge in [-0.15, -0.1) is 21.5 Å². The van der Waals surface area contributed by atoms with E-state index in [1.54, 1.807) is 6.07 Å². The van der Waals surface area contributed by atoms with E-state index < -0.39 is 10.0 Å². The second-order valence-corrected chi connectivity index (χ2v) is 10.8. The Bertz CT molecular complexity index is 1090. The number of nitrogens with zero attached hydrogens (tertiary/aromatic N) is 2. The zero-order chi connectivity index (χ0) is 21.0. The van der Waals surface area contributed by atoms with Gasteiger partial charge in [0.1, 0.15) is 5.01 Å². The van der Waals surface area contributed by atoms with E-state index in [4.69, 9.17) is 0 Å². The minimum Gasteiger partial charge on any atom is -0.296 e. The SMILES string of the molecule is CC(C)c1ccc(-c2nnc(NC(=O)c3ccc(CCNS(C)(=O)=O)s3)s2)cc1. The van der Waals surface area contributed by atoms with Crippen molar-refractivity contribution in [2.45, 2.75) is 26.2 Å². The molecule has 0 aliphatic rings. The number of amides is 1. The van der Waals surface area contributed by atoms with Crippen molar-refractivity contribution in [3.63, 3.8) is 0 Å². The highest BCUT2D eigenvalue weighted by Crippen LogP contribution is 2.28. The Hall–Kier alpha value is -2.14. The number of anilines is 1. The summed E-state index contributed by atoms with van der Waals surface area (Å²) in [5.74, 6) is 0.210. The summed E-state index contributed by atoms with van der Waals surface area (Å²) in [7, 11) is -3.21. The molecule has 0 spiro atoms. The molecule has 29 heavy (non-hydrogen) atoms. The number of hydrogen-bond acceptors (Lipinski definition) is 7. The van der Waals surface area contributed by atoms with Crippen molar-refractivity contribution in [2.24, 2.45) is 0 Å². The lowest BCUT2D eigenvalue weighted by atomic mass is 10.0. The summed E-state index contributed by atoms with van der Waals surface area (Å²) in [5.41, 5.74) is 2.22. The van der Waals surface area contributed by atoms with Crippen LogP contribution in [0.15, 0.2) is 36.4 Å². The van der Waals surface area contributed by atoms with E-state index in [1.807, 2.05) is 18.2 Å². The molecular weight excluding hydrogens is 428 g/mol. The molecule has 0 saturated heterocycles. The number of thiophene rings is 1. The minimum absolute atomic E-state index is 0.254. The predicted octanol–water partition coefficient (Wildman–Crippen LogP) is 3.73. The van der Waals surface area contributed by atoms with Gasteiger partial charge in [-0.2, -0.15) is 0 Å². The zero-order valence-corrected chi connectivity index (χ0v) is 18.7. The second kappa shape index (κ2) is 9.12. The Morgan fingerprint density at radius 3 is 2.45 bits per heavy atom. The fourth-order valence-corrected chi connectivity index (χ4v) is 4.67. The molecule has 2 aromatic heterocycles. The van der Waals surface area contributed by atoms with Gasteiger partial charge in [-0.3, -0.25) is 10.1 Å². The van der Waals surface area contributed by atoms with E-state index in [2.05, 4.69) is 46.2 Å². The molecule has 3 aromatic rings. The van der Waals surface area contributed by atoms with Crippen molar-refractivity contribution in [3.8, 4) is 10.6 Å². The fourth-order valence-electron chi connectivity index (χ4n) is 2.55. The van der Waals surface area contributed by atoms with E-state index >= 15 is 0 Å². The summed E-state index contributed by atoms with van der Waals surface area (Å²) in [6.07, 6.45) is 1.65. The van der Waals surface area contributed by atoms with Crippen molar-refractivity contribution in [1.82, 2.24) is 14.9 Å². The Morgan fingerprint density at radius 2 is 1.79 bits per heavy atom. The molecule has 7 nitrogen and oxygen atoms in total. The van der Waals surface area contributed by atoms with Crippen molar-refractivity contribution >= 4 is 43.7 Å². The summed E-state index contributed by atoms with van der Waals surface area (Å²) in [4.78, 5) is 13.9. The smallest absolute Gasteiger partial charge is 0.267 e. The van der Waals surface area contributed by atoms with Gasteiger partial charge in [0.25, 0.3) is 5.91 Å². The number of benzene rings is 1. The highest BCUT2D eigenvalue weighted by atomic mass is 32.2. The number of hydrogen-bond donors (Lipinski definition) is 2. The summed E-state index contributed by atoms with van der Waals surface area (Å²) in [5, 5.41) is 12.2. The molecule has 0 bridgehead atoms. The maximum absolute atomic E-state index is 12.5. The third-order valence-corrected chi connectivity index (χ3v) is 6.85. The third kappa shape index (κ3) is 6.17. The van der Waals surface area contributed by atoms with Gasteiger partial charge in [0.05, 0.1) is 11.1 Å². The Kier molecular flexibility index (Phi) is 6.78. The summed E-state index contributed by atoms with van der Waals surface area (Å²) >= 11 is 2.65. The second-order valence-electron chi connectivity index (χ2n) is 6.83. The molecule has 2 N–H and O–H groups in total. The number of aromatic nitrogens is 2. The standard InChI is InChI=1S/C19H22N4O3S3/c1-12(2)13-4-6-14(7-5-13)18-22-23-19(28-18)21-17(24)16-9-8-15(27-16)10-11-20-29(3,25)26/h4-9,12,20H,10-11H2,1-3H3,(H,21,23,24). The van der Waals surface area contributed by atoms with E-state index in [0.717, 1.165) is 21.7 Å².